The molecule has 29 heavy (non-hydrogen) atoms. The Bertz CT molecular complexity index is 763. The number of thiophene rings is 1. The molecule has 8 heteroatoms. The van der Waals surface area contributed by atoms with Crippen LogP contribution in [-0.2, 0) is 17.8 Å². The third kappa shape index (κ3) is 8.49. The highest BCUT2D eigenvalue weighted by Gasteiger charge is 2.09. The van der Waals surface area contributed by atoms with E-state index < -0.39 is 0 Å². The van der Waals surface area contributed by atoms with Gasteiger partial charge in [0.05, 0.1) is 19.8 Å². The SMILES string of the molecule is CN=C(NCc1cccc(OCCN2CCOCC2)c1)NCc1ccc(C)s1.I. The Morgan fingerprint density at radius 3 is 2.69 bits per heavy atom. The number of guanidine groups is 1. The van der Waals surface area contributed by atoms with Gasteiger partial charge in [0.15, 0.2) is 5.96 Å². The number of rotatable bonds is 8. The molecule has 2 heterocycles. The fourth-order valence-electron chi connectivity index (χ4n) is 3.02. The van der Waals surface area contributed by atoms with Gasteiger partial charge in [-0.05, 0) is 36.8 Å². The largest absolute Gasteiger partial charge is 0.492 e. The van der Waals surface area contributed by atoms with E-state index in [1.165, 1.54) is 15.3 Å². The summed E-state index contributed by atoms with van der Waals surface area (Å²) in [6, 6.07) is 12.5. The molecule has 0 radical (unpaired) electrons. The van der Waals surface area contributed by atoms with Gasteiger partial charge in [-0.25, -0.2) is 0 Å². The molecule has 0 bridgehead atoms. The number of aliphatic imine (C=N–C) groups is 1. The number of ether oxygens (including phenoxy) is 2. The quantitative estimate of drug-likeness (QED) is 0.312. The Morgan fingerprint density at radius 1 is 1.17 bits per heavy atom. The highest BCUT2D eigenvalue weighted by atomic mass is 127. The highest BCUT2D eigenvalue weighted by Crippen LogP contribution is 2.15. The summed E-state index contributed by atoms with van der Waals surface area (Å²) in [6.07, 6.45) is 0. The van der Waals surface area contributed by atoms with Gasteiger partial charge in [-0.15, -0.1) is 35.3 Å². The van der Waals surface area contributed by atoms with E-state index in [1.54, 1.807) is 18.4 Å². The first-order valence-corrected chi connectivity index (χ1v) is 10.6. The van der Waals surface area contributed by atoms with Crippen LogP contribution in [0.1, 0.15) is 15.3 Å². The number of benzene rings is 1. The molecule has 1 aromatic heterocycles. The van der Waals surface area contributed by atoms with Crippen molar-refractivity contribution in [2.45, 2.75) is 20.0 Å². The van der Waals surface area contributed by atoms with Gasteiger partial charge < -0.3 is 20.1 Å². The van der Waals surface area contributed by atoms with Crippen LogP contribution in [0.2, 0.25) is 0 Å². The third-order valence-corrected chi connectivity index (χ3v) is 5.59. The summed E-state index contributed by atoms with van der Waals surface area (Å²) < 4.78 is 11.3. The molecule has 160 valence electrons. The summed E-state index contributed by atoms with van der Waals surface area (Å²) >= 11 is 1.80. The lowest BCUT2D eigenvalue weighted by atomic mass is 10.2. The van der Waals surface area contributed by atoms with E-state index in [1.807, 2.05) is 12.1 Å². The monoisotopic (exact) mass is 530 g/mol. The normalized spacial score (nSPS) is 14.9. The van der Waals surface area contributed by atoms with E-state index in [9.17, 15) is 0 Å². The van der Waals surface area contributed by atoms with Gasteiger partial charge in [-0.3, -0.25) is 9.89 Å². The molecule has 3 rings (SSSR count). The Morgan fingerprint density at radius 2 is 1.97 bits per heavy atom. The molecule has 0 saturated carbocycles. The summed E-state index contributed by atoms with van der Waals surface area (Å²) in [5.74, 6) is 1.70. The summed E-state index contributed by atoms with van der Waals surface area (Å²) in [4.78, 5) is 9.30. The van der Waals surface area contributed by atoms with Crippen LogP contribution in [0.25, 0.3) is 0 Å². The van der Waals surface area contributed by atoms with Crippen molar-refractivity contribution in [3.8, 4) is 5.75 Å². The summed E-state index contributed by atoms with van der Waals surface area (Å²) in [7, 11) is 1.79. The molecule has 1 aromatic carbocycles. The smallest absolute Gasteiger partial charge is 0.191 e. The Labute approximate surface area is 194 Å². The van der Waals surface area contributed by atoms with Gasteiger partial charge in [-0.2, -0.15) is 0 Å². The highest BCUT2D eigenvalue weighted by molar-refractivity contribution is 14.0. The molecule has 2 N–H and O–H groups in total. The van der Waals surface area contributed by atoms with Crippen molar-refractivity contribution in [1.29, 1.82) is 0 Å². The third-order valence-electron chi connectivity index (χ3n) is 4.59. The van der Waals surface area contributed by atoms with E-state index in [0.717, 1.165) is 51.1 Å². The second-order valence-electron chi connectivity index (χ2n) is 6.74. The predicted molar refractivity (Wildman–Crippen MR) is 131 cm³/mol. The lowest BCUT2D eigenvalue weighted by Crippen LogP contribution is -2.38. The van der Waals surface area contributed by atoms with E-state index in [4.69, 9.17) is 9.47 Å². The maximum atomic E-state index is 5.94. The first-order chi connectivity index (χ1) is 13.7. The van der Waals surface area contributed by atoms with Gasteiger partial charge in [-0.1, -0.05) is 12.1 Å². The van der Waals surface area contributed by atoms with Crippen LogP contribution in [0.3, 0.4) is 0 Å². The number of hydrogen-bond acceptors (Lipinski definition) is 5. The van der Waals surface area contributed by atoms with Crippen LogP contribution in [0.4, 0.5) is 0 Å². The average molecular weight is 530 g/mol. The molecular weight excluding hydrogens is 499 g/mol. The zero-order chi connectivity index (χ0) is 19.6. The average Bonchev–Trinajstić information content (AvgIpc) is 3.14. The molecule has 0 atom stereocenters. The molecule has 1 aliphatic rings. The van der Waals surface area contributed by atoms with Crippen molar-refractivity contribution in [1.82, 2.24) is 15.5 Å². The van der Waals surface area contributed by atoms with Crippen molar-refractivity contribution in [2.24, 2.45) is 4.99 Å². The zero-order valence-electron chi connectivity index (χ0n) is 17.1. The molecule has 1 saturated heterocycles. The topological polar surface area (TPSA) is 58.1 Å². The number of hydrogen-bond donors (Lipinski definition) is 2. The molecule has 0 amide bonds. The number of morpholine rings is 1. The number of halogens is 1. The molecule has 6 nitrogen and oxygen atoms in total. The van der Waals surface area contributed by atoms with E-state index >= 15 is 0 Å². The van der Waals surface area contributed by atoms with Crippen LogP contribution < -0.4 is 15.4 Å². The predicted octanol–water partition coefficient (Wildman–Crippen LogP) is 3.25. The van der Waals surface area contributed by atoms with Crippen LogP contribution >= 0.6 is 35.3 Å². The van der Waals surface area contributed by atoms with Crippen molar-refractivity contribution >= 4 is 41.3 Å². The van der Waals surface area contributed by atoms with Crippen LogP contribution in [-0.4, -0.2) is 57.4 Å². The zero-order valence-corrected chi connectivity index (χ0v) is 20.3. The minimum atomic E-state index is 0. The number of aryl methyl sites for hydroxylation is 1. The Balaban J connectivity index is 0.00000300. The molecule has 0 unspecified atom stereocenters. The summed E-state index contributed by atoms with van der Waals surface area (Å²) in [6.45, 7) is 8.86. The first kappa shape index (κ1) is 23.9. The number of nitrogens with one attached hydrogen (secondary N) is 2. The second kappa shape index (κ2) is 13.0. The fraction of sp³-hybridized carbons (Fsp3) is 0.476. The minimum absolute atomic E-state index is 0. The second-order valence-corrected chi connectivity index (χ2v) is 8.11. The molecule has 1 aliphatic heterocycles. The van der Waals surface area contributed by atoms with Crippen LogP contribution in [0.15, 0.2) is 41.4 Å². The Hall–Kier alpha value is -1.36. The summed E-state index contributed by atoms with van der Waals surface area (Å²) in [5.41, 5.74) is 1.17. The van der Waals surface area contributed by atoms with Crippen molar-refractivity contribution in [3.63, 3.8) is 0 Å². The van der Waals surface area contributed by atoms with Crippen LogP contribution in [0.5, 0.6) is 5.75 Å². The molecule has 0 aliphatic carbocycles. The van der Waals surface area contributed by atoms with E-state index in [0.29, 0.717) is 13.2 Å². The van der Waals surface area contributed by atoms with Crippen molar-refractivity contribution in [3.05, 3.63) is 51.7 Å². The first-order valence-electron chi connectivity index (χ1n) is 9.74. The van der Waals surface area contributed by atoms with Crippen molar-refractivity contribution < 1.29 is 9.47 Å². The molecule has 1 fully saturated rings. The Kier molecular flexibility index (Phi) is 10.8. The standard InChI is InChI=1S/C21H30N4O2S.HI/c1-17-6-7-20(28-17)16-24-21(22-2)23-15-18-4-3-5-19(14-18)27-13-10-25-8-11-26-12-9-25;/h3-7,14H,8-13,15-16H2,1-2H3,(H2,22,23,24);1H. The van der Waals surface area contributed by atoms with Crippen molar-refractivity contribution in [2.75, 3.05) is 46.5 Å². The molecule has 0 spiro atoms. The van der Waals surface area contributed by atoms with Gasteiger partial charge in [0.1, 0.15) is 12.4 Å². The summed E-state index contributed by atoms with van der Waals surface area (Å²) in [5, 5.41) is 6.72. The van der Waals surface area contributed by atoms with E-state index in [-0.39, 0.29) is 24.0 Å². The van der Waals surface area contributed by atoms with E-state index in [2.05, 4.69) is 51.7 Å². The minimum Gasteiger partial charge on any atom is -0.492 e. The van der Waals surface area contributed by atoms with Gasteiger partial charge in [0, 0.05) is 43.0 Å². The lowest BCUT2D eigenvalue weighted by Gasteiger charge is -2.26. The molecular formula is C21H31IN4O2S. The van der Waals surface area contributed by atoms with Gasteiger partial charge in [0.25, 0.3) is 0 Å². The fourth-order valence-corrected chi connectivity index (χ4v) is 3.85. The maximum absolute atomic E-state index is 5.94. The number of nitrogens with zero attached hydrogens (tertiary/aromatic N) is 2. The lowest BCUT2D eigenvalue weighted by molar-refractivity contribution is 0.0322. The molecule has 2 aromatic rings. The maximum Gasteiger partial charge on any atom is 0.191 e. The van der Waals surface area contributed by atoms with Gasteiger partial charge in [0.2, 0.25) is 0 Å². The van der Waals surface area contributed by atoms with Crippen LogP contribution in [0, 0.1) is 6.92 Å². The van der Waals surface area contributed by atoms with Gasteiger partial charge >= 0.3 is 0 Å².